The molecule has 1 aromatic heterocycles. The van der Waals surface area contributed by atoms with E-state index < -0.39 is 10.8 Å². The van der Waals surface area contributed by atoms with Crippen LogP contribution in [0.3, 0.4) is 0 Å². The van der Waals surface area contributed by atoms with Crippen LogP contribution < -0.4 is 10.1 Å². The van der Waals surface area contributed by atoms with E-state index in [1.807, 2.05) is 0 Å². The Bertz CT molecular complexity index is 672. The second-order valence-electron chi connectivity index (χ2n) is 4.23. The smallest absolute Gasteiger partial charge is 0.273 e. The zero-order chi connectivity index (χ0) is 15.9. The van der Waals surface area contributed by atoms with E-state index in [1.165, 1.54) is 42.6 Å². The van der Waals surface area contributed by atoms with Crippen molar-refractivity contribution >= 4 is 11.6 Å². The first-order valence-electron chi connectivity index (χ1n) is 6.37. The molecule has 1 amide bonds. The predicted octanol–water partition coefficient (Wildman–Crippen LogP) is 1.50. The zero-order valence-electron chi connectivity index (χ0n) is 11.4. The van der Waals surface area contributed by atoms with Crippen LogP contribution in [-0.2, 0) is 0 Å². The molecule has 0 aliphatic rings. The largest absolute Gasteiger partial charge is 0.505 e. The molecule has 1 heterocycles. The third-order valence-electron chi connectivity index (χ3n) is 2.71. The zero-order valence-corrected chi connectivity index (χ0v) is 11.4. The van der Waals surface area contributed by atoms with Crippen LogP contribution in [0.5, 0.6) is 11.5 Å². The molecule has 0 unspecified atom stereocenters. The number of hydrogen-bond donors (Lipinski definition) is 2. The Morgan fingerprint density at radius 2 is 2.05 bits per heavy atom. The second-order valence-corrected chi connectivity index (χ2v) is 4.23. The Kier molecular flexibility index (Phi) is 4.86. The van der Waals surface area contributed by atoms with Crippen LogP contribution in [0, 0.1) is 10.1 Å². The van der Waals surface area contributed by atoms with E-state index in [2.05, 4.69) is 10.3 Å². The van der Waals surface area contributed by atoms with Gasteiger partial charge in [-0.1, -0.05) is 0 Å². The van der Waals surface area contributed by atoms with Crippen LogP contribution >= 0.6 is 0 Å². The Labute approximate surface area is 125 Å². The van der Waals surface area contributed by atoms with E-state index in [4.69, 9.17) is 4.74 Å². The summed E-state index contributed by atoms with van der Waals surface area (Å²) in [5, 5.41) is 22.5. The van der Waals surface area contributed by atoms with Crippen molar-refractivity contribution in [3.8, 4) is 11.5 Å². The highest BCUT2D eigenvalue weighted by Gasteiger charge is 2.11. The van der Waals surface area contributed by atoms with Crippen molar-refractivity contribution in [2.24, 2.45) is 0 Å². The highest BCUT2D eigenvalue weighted by molar-refractivity contribution is 5.94. The van der Waals surface area contributed by atoms with Gasteiger partial charge in [0.05, 0.1) is 11.5 Å². The van der Waals surface area contributed by atoms with Crippen molar-refractivity contribution in [1.29, 1.82) is 0 Å². The molecule has 0 spiro atoms. The molecular formula is C14H13N3O5. The molecule has 2 rings (SSSR count). The molecule has 2 N–H and O–H groups in total. The summed E-state index contributed by atoms with van der Waals surface area (Å²) in [4.78, 5) is 25.5. The molecule has 0 atom stereocenters. The second kappa shape index (κ2) is 7.02. The number of nitrogens with zero attached hydrogens (tertiary/aromatic N) is 2. The summed E-state index contributed by atoms with van der Waals surface area (Å²) < 4.78 is 5.34. The van der Waals surface area contributed by atoms with Gasteiger partial charge in [-0.05, 0) is 24.3 Å². The molecule has 0 saturated carbocycles. The summed E-state index contributed by atoms with van der Waals surface area (Å²) in [5.41, 5.74) is -0.0795. The Balaban J connectivity index is 1.78. The Morgan fingerprint density at radius 3 is 2.68 bits per heavy atom. The fourth-order valence-electron chi connectivity index (χ4n) is 1.65. The van der Waals surface area contributed by atoms with Gasteiger partial charge in [0.15, 0.2) is 5.69 Å². The maximum atomic E-state index is 11.7. The summed E-state index contributed by atoms with van der Waals surface area (Å²) in [6.07, 6.45) is 1.40. The van der Waals surface area contributed by atoms with Gasteiger partial charge >= 0.3 is 0 Å². The van der Waals surface area contributed by atoms with Gasteiger partial charge in [0.1, 0.15) is 18.1 Å². The first-order chi connectivity index (χ1) is 10.6. The average Bonchev–Trinajstić information content (AvgIpc) is 2.52. The molecule has 114 valence electrons. The van der Waals surface area contributed by atoms with Gasteiger partial charge in [0.2, 0.25) is 0 Å². The number of nitrogens with one attached hydrogen (secondary N) is 1. The van der Waals surface area contributed by atoms with Gasteiger partial charge in [-0.2, -0.15) is 0 Å². The van der Waals surface area contributed by atoms with Gasteiger partial charge in [-0.3, -0.25) is 14.9 Å². The molecule has 0 saturated heterocycles. The molecule has 2 aromatic rings. The molecular weight excluding hydrogens is 290 g/mol. The van der Waals surface area contributed by atoms with Crippen molar-refractivity contribution < 1.29 is 19.6 Å². The monoisotopic (exact) mass is 303 g/mol. The maximum absolute atomic E-state index is 11.7. The summed E-state index contributed by atoms with van der Waals surface area (Å²) >= 11 is 0. The van der Waals surface area contributed by atoms with Crippen LogP contribution in [-0.4, -0.2) is 34.1 Å². The number of amides is 1. The topological polar surface area (TPSA) is 115 Å². The highest BCUT2D eigenvalue weighted by atomic mass is 16.6. The van der Waals surface area contributed by atoms with Crippen molar-refractivity contribution in [3.63, 3.8) is 0 Å². The summed E-state index contributed by atoms with van der Waals surface area (Å²) in [7, 11) is 0. The van der Waals surface area contributed by atoms with Crippen LogP contribution in [0.2, 0.25) is 0 Å². The number of benzene rings is 1. The fourth-order valence-corrected chi connectivity index (χ4v) is 1.65. The molecule has 0 fully saturated rings. The number of non-ortho nitro benzene ring substituents is 1. The van der Waals surface area contributed by atoms with Crippen molar-refractivity contribution in [2.45, 2.75) is 0 Å². The van der Waals surface area contributed by atoms with Gasteiger partial charge in [0, 0.05) is 18.3 Å². The minimum Gasteiger partial charge on any atom is -0.505 e. The lowest BCUT2D eigenvalue weighted by atomic mass is 10.3. The predicted molar refractivity (Wildman–Crippen MR) is 76.8 cm³/mol. The number of nitro benzene ring substituents is 1. The lowest BCUT2D eigenvalue weighted by Crippen LogP contribution is -2.28. The standard InChI is InChI=1S/C14H13N3O5/c18-12-2-1-7-15-13(12)14(19)16-8-9-22-11-5-3-10(4-6-11)17(20)21/h1-7,18H,8-9H2,(H,16,19). The van der Waals surface area contributed by atoms with Crippen LogP contribution in [0.1, 0.15) is 10.5 Å². The number of carbonyl (C=O) groups is 1. The number of pyridine rings is 1. The number of carbonyl (C=O) groups excluding carboxylic acids is 1. The Hall–Kier alpha value is -3.16. The summed E-state index contributed by atoms with van der Waals surface area (Å²) in [6, 6.07) is 8.51. The third kappa shape index (κ3) is 3.92. The lowest BCUT2D eigenvalue weighted by Gasteiger charge is -2.08. The van der Waals surface area contributed by atoms with Gasteiger partial charge in [-0.25, -0.2) is 4.98 Å². The SMILES string of the molecule is O=C(NCCOc1ccc([N+](=O)[O-])cc1)c1ncccc1O. The van der Waals surface area contributed by atoms with Crippen LogP contribution in [0.25, 0.3) is 0 Å². The number of nitro groups is 1. The third-order valence-corrected chi connectivity index (χ3v) is 2.71. The minimum atomic E-state index is -0.509. The van der Waals surface area contributed by atoms with Crippen molar-refractivity contribution in [3.05, 3.63) is 58.4 Å². The summed E-state index contributed by atoms with van der Waals surface area (Å²) in [6.45, 7) is 0.378. The maximum Gasteiger partial charge on any atom is 0.273 e. The number of hydrogen-bond acceptors (Lipinski definition) is 6. The van der Waals surface area contributed by atoms with Gasteiger partial charge in [-0.15, -0.1) is 0 Å². The molecule has 0 radical (unpaired) electrons. The van der Waals surface area contributed by atoms with E-state index in [1.54, 1.807) is 0 Å². The number of rotatable bonds is 6. The Morgan fingerprint density at radius 1 is 1.32 bits per heavy atom. The minimum absolute atomic E-state index is 0.0220. The molecule has 0 aliphatic heterocycles. The van der Waals surface area contributed by atoms with E-state index in [-0.39, 0.29) is 30.3 Å². The normalized spacial score (nSPS) is 10.0. The van der Waals surface area contributed by atoms with E-state index in [9.17, 15) is 20.0 Å². The van der Waals surface area contributed by atoms with Crippen LogP contribution in [0.15, 0.2) is 42.6 Å². The lowest BCUT2D eigenvalue weighted by molar-refractivity contribution is -0.384. The van der Waals surface area contributed by atoms with Gasteiger partial charge in [0.25, 0.3) is 11.6 Å². The van der Waals surface area contributed by atoms with Gasteiger partial charge < -0.3 is 15.2 Å². The number of ether oxygens (including phenoxy) is 1. The first-order valence-corrected chi connectivity index (χ1v) is 6.37. The molecule has 1 aromatic carbocycles. The van der Waals surface area contributed by atoms with Crippen molar-refractivity contribution in [2.75, 3.05) is 13.2 Å². The highest BCUT2D eigenvalue weighted by Crippen LogP contribution is 2.17. The van der Waals surface area contributed by atoms with Crippen molar-refractivity contribution in [1.82, 2.24) is 10.3 Å². The average molecular weight is 303 g/mol. The number of aromatic nitrogens is 1. The molecule has 8 nitrogen and oxygen atoms in total. The first kappa shape index (κ1) is 15.2. The molecule has 0 aliphatic carbocycles. The molecule has 0 bridgehead atoms. The molecule has 8 heteroatoms. The number of aromatic hydroxyl groups is 1. The fraction of sp³-hybridized carbons (Fsp3) is 0.143. The van der Waals surface area contributed by atoms with E-state index in [0.717, 1.165) is 0 Å². The van der Waals surface area contributed by atoms with E-state index >= 15 is 0 Å². The van der Waals surface area contributed by atoms with Crippen LogP contribution in [0.4, 0.5) is 5.69 Å². The molecule has 22 heavy (non-hydrogen) atoms. The summed E-state index contributed by atoms with van der Waals surface area (Å²) in [5.74, 6) is -0.248. The van der Waals surface area contributed by atoms with E-state index in [0.29, 0.717) is 5.75 Å². The quantitative estimate of drug-likeness (QED) is 0.475.